The van der Waals surface area contributed by atoms with Crippen molar-refractivity contribution < 1.29 is 14.7 Å². The van der Waals surface area contributed by atoms with E-state index in [-0.39, 0.29) is 29.4 Å². The van der Waals surface area contributed by atoms with E-state index < -0.39 is 5.09 Å². The van der Waals surface area contributed by atoms with Crippen molar-refractivity contribution in [2.75, 3.05) is 6.61 Å². The Kier molecular flexibility index (Phi) is 2.95. The Hall–Kier alpha value is -1.33. The number of carbonyl (C=O) groups is 1. The molecule has 3 unspecified atom stereocenters. The number of nitrogens with zero attached hydrogens (tertiary/aromatic N) is 1. The van der Waals surface area contributed by atoms with Crippen molar-refractivity contribution in [1.82, 2.24) is 5.32 Å². The normalized spacial score (nSPS) is 45.2. The molecule has 112 valence electrons. The molecule has 0 heterocycles. The van der Waals surface area contributed by atoms with Crippen LogP contribution in [0.15, 0.2) is 0 Å². The minimum absolute atomic E-state index is 0.00384. The highest BCUT2D eigenvalue weighted by molar-refractivity contribution is 5.74. The first kappa shape index (κ1) is 13.6. The van der Waals surface area contributed by atoms with Crippen molar-refractivity contribution in [3.8, 4) is 0 Å². The van der Waals surface area contributed by atoms with Crippen LogP contribution < -0.4 is 5.32 Å². The molecule has 6 nitrogen and oxygen atoms in total. The fraction of sp³-hybridized carbons (Fsp3) is 0.929. The van der Waals surface area contributed by atoms with Crippen molar-refractivity contribution in [3.63, 3.8) is 0 Å². The zero-order valence-corrected chi connectivity index (χ0v) is 12.1. The van der Waals surface area contributed by atoms with Gasteiger partial charge in [-0.15, -0.1) is 10.1 Å². The van der Waals surface area contributed by atoms with Crippen molar-refractivity contribution in [1.29, 1.82) is 0 Å². The molecule has 4 saturated carbocycles. The summed E-state index contributed by atoms with van der Waals surface area (Å²) in [6.45, 7) is 3.87. The lowest BCUT2D eigenvalue weighted by atomic mass is 9.43. The van der Waals surface area contributed by atoms with Gasteiger partial charge in [0.2, 0.25) is 5.91 Å². The SMILES string of the molecule is CC(=O)NC12C[C@@H]3C[C@@H](CC(CO[N+](=O)[O-])(C3)C1C)C2. The Bertz CT molecular complexity index is 436. The maximum absolute atomic E-state index is 11.6. The van der Waals surface area contributed by atoms with E-state index in [9.17, 15) is 14.9 Å². The summed E-state index contributed by atoms with van der Waals surface area (Å²) in [5, 5.41) is 13.1. The molecule has 1 N–H and O–H groups in total. The van der Waals surface area contributed by atoms with E-state index in [1.165, 1.54) is 6.42 Å². The highest BCUT2D eigenvalue weighted by atomic mass is 16.9. The summed E-state index contributed by atoms with van der Waals surface area (Å²) in [7, 11) is 0. The summed E-state index contributed by atoms with van der Waals surface area (Å²) in [4.78, 5) is 26.9. The van der Waals surface area contributed by atoms with E-state index in [0.717, 1.165) is 25.7 Å². The van der Waals surface area contributed by atoms with Crippen molar-refractivity contribution in [3.05, 3.63) is 10.1 Å². The Morgan fingerprint density at radius 3 is 2.45 bits per heavy atom. The number of carbonyl (C=O) groups excluding carboxylic acids is 1. The van der Waals surface area contributed by atoms with Gasteiger partial charge in [-0.2, -0.15) is 0 Å². The number of hydrogen-bond donors (Lipinski definition) is 1. The van der Waals surface area contributed by atoms with Gasteiger partial charge in [0.15, 0.2) is 0 Å². The lowest BCUT2D eigenvalue weighted by molar-refractivity contribution is -0.762. The van der Waals surface area contributed by atoms with E-state index in [1.807, 2.05) is 0 Å². The Balaban J connectivity index is 1.88. The van der Waals surface area contributed by atoms with Crippen LogP contribution in [-0.4, -0.2) is 23.1 Å². The van der Waals surface area contributed by atoms with Crippen LogP contribution in [0.25, 0.3) is 0 Å². The Morgan fingerprint density at radius 2 is 1.95 bits per heavy atom. The number of amides is 1. The molecule has 4 fully saturated rings. The summed E-state index contributed by atoms with van der Waals surface area (Å²) < 4.78 is 0. The molecule has 0 aromatic rings. The van der Waals surface area contributed by atoms with E-state index >= 15 is 0 Å². The summed E-state index contributed by atoms with van der Waals surface area (Å²) >= 11 is 0. The molecule has 6 heteroatoms. The highest BCUT2D eigenvalue weighted by Gasteiger charge is 2.62. The van der Waals surface area contributed by atoms with Crippen LogP contribution in [0.3, 0.4) is 0 Å². The van der Waals surface area contributed by atoms with E-state index in [0.29, 0.717) is 11.8 Å². The second kappa shape index (κ2) is 4.33. The minimum atomic E-state index is -0.684. The van der Waals surface area contributed by atoms with E-state index in [1.54, 1.807) is 6.92 Å². The van der Waals surface area contributed by atoms with Crippen LogP contribution in [0.2, 0.25) is 0 Å². The zero-order chi connectivity index (χ0) is 14.5. The standard InChI is InChI=1S/C14H22N2O4/c1-9-13(8-20-16(18)19)4-11-3-12(5-13)7-14(9,6-11)15-10(2)17/h9,11-12H,3-8H2,1-2H3,(H,15,17)/t9?,11-,12+,13?,14?. The monoisotopic (exact) mass is 282 g/mol. The smallest absolute Gasteiger partial charge is 0.294 e. The van der Waals surface area contributed by atoms with Gasteiger partial charge in [-0.1, -0.05) is 6.92 Å². The van der Waals surface area contributed by atoms with Crippen molar-refractivity contribution in [2.24, 2.45) is 23.2 Å². The molecular formula is C14H22N2O4. The van der Waals surface area contributed by atoms with Gasteiger partial charge < -0.3 is 10.2 Å². The summed E-state index contributed by atoms with van der Waals surface area (Å²) in [5.41, 5.74) is -0.310. The number of nitrogens with one attached hydrogen (secondary N) is 1. The average Bonchev–Trinajstić information content (AvgIpc) is 2.32. The van der Waals surface area contributed by atoms with Crippen LogP contribution in [0.5, 0.6) is 0 Å². The van der Waals surface area contributed by atoms with Crippen LogP contribution >= 0.6 is 0 Å². The molecule has 5 atom stereocenters. The molecule has 0 radical (unpaired) electrons. The first-order chi connectivity index (χ1) is 9.35. The molecule has 0 aromatic heterocycles. The molecule has 4 bridgehead atoms. The molecule has 4 rings (SSSR count). The molecule has 4 aliphatic carbocycles. The quantitative estimate of drug-likeness (QED) is 0.631. The largest absolute Gasteiger partial charge is 0.351 e. The van der Waals surface area contributed by atoms with Gasteiger partial charge >= 0.3 is 0 Å². The average molecular weight is 282 g/mol. The van der Waals surface area contributed by atoms with Gasteiger partial charge in [-0.05, 0) is 55.3 Å². The Morgan fingerprint density at radius 1 is 1.35 bits per heavy atom. The topological polar surface area (TPSA) is 81.5 Å². The third-order valence-corrected chi connectivity index (χ3v) is 5.99. The van der Waals surface area contributed by atoms with Gasteiger partial charge in [0, 0.05) is 12.5 Å². The predicted octanol–water partition coefficient (Wildman–Crippen LogP) is 1.92. The summed E-state index contributed by atoms with van der Waals surface area (Å²) in [6, 6.07) is 0. The second-order valence-electron chi connectivity index (χ2n) is 7.20. The predicted molar refractivity (Wildman–Crippen MR) is 71.2 cm³/mol. The van der Waals surface area contributed by atoms with Crippen molar-refractivity contribution >= 4 is 5.91 Å². The van der Waals surface area contributed by atoms with Gasteiger partial charge in [-0.25, -0.2) is 0 Å². The fourth-order valence-electron chi connectivity index (χ4n) is 5.57. The molecule has 4 aliphatic rings. The third kappa shape index (κ3) is 1.96. The van der Waals surface area contributed by atoms with Crippen molar-refractivity contribution in [2.45, 2.75) is 51.5 Å². The maximum Gasteiger partial charge on any atom is 0.294 e. The maximum atomic E-state index is 11.6. The van der Waals surface area contributed by atoms with E-state index in [4.69, 9.17) is 4.84 Å². The molecule has 20 heavy (non-hydrogen) atoms. The van der Waals surface area contributed by atoms with Crippen LogP contribution in [0.1, 0.15) is 46.0 Å². The summed E-state index contributed by atoms with van der Waals surface area (Å²) in [5.74, 6) is 1.37. The van der Waals surface area contributed by atoms with Crippen LogP contribution in [0, 0.1) is 33.3 Å². The molecule has 0 aliphatic heterocycles. The third-order valence-electron chi connectivity index (χ3n) is 5.99. The lowest BCUT2D eigenvalue weighted by Crippen LogP contribution is -2.69. The summed E-state index contributed by atoms with van der Waals surface area (Å²) in [6.07, 6.45) is 5.24. The van der Waals surface area contributed by atoms with Gasteiger partial charge in [0.25, 0.3) is 5.09 Å². The Labute approximate surface area is 118 Å². The zero-order valence-electron chi connectivity index (χ0n) is 12.1. The molecular weight excluding hydrogens is 260 g/mol. The van der Waals surface area contributed by atoms with Gasteiger partial charge in [0.05, 0.1) is 0 Å². The van der Waals surface area contributed by atoms with Crippen LogP contribution in [-0.2, 0) is 9.63 Å². The van der Waals surface area contributed by atoms with Gasteiger partial charge in [0.1, 0.15) is 6.61 Å². The van der Waals surface area contributed by atoms with Crippen LogP contribution in [0.4, 0.5) is 0 Å². The number of hydrogen-bond acceptors (Lipinski definition) is 4. The number of rotatable bonds is 4. The van der Waals surface area contributed by atoms with Gasteiger partial charge in [-0.3, -0.25) is 4.79 Å². The minimum Gasteiger partial charge on any atom is -0.351 e. The highest BCUT2D eigenvalue weighted by Crippen LogP contribution is 2.64. The fourth-order valence-corrected chi connectivity index (χ4v) is 5.57. The molecule has 0 aromatic carbocycles. The first-order valence-electron chi connectivity index (χ1n) is 7.41. The lowest BCUT2D eigenvalue weighted by Gasteiger charge is -2.65. The van der Waals surface area contributed by atoms with E-state index in [2.05, 4.69) is 12.2 Å². The molecule has 0 spiro atoms. The molecule has 1 amide bonds. The molecule has 0 saturated heterocycles. The second-order valence-corrected chi connectivity index (χ2v) is 7.20. The first-order valence-corrected chi connectivity index (χ1v) is 7.41.